The number of alkyl halides is 1. The van der Waals surface area contributed by atoms with Crippen LogP contribution in [-0.4, -0.2) is 34.9 Å². The molecule has 16 heavy (non-hydrogen) atoms. The molecule has 1 aliphatic rings. The molecule has 2 heterocycles. The van der Waals surface area contributed by atoms with Gasteiger partial charge in [-0.2, -0.15) is 0 Å². The number of thiophene rings is 1. The Morgan fingerprint density at radius 2 is 2.12 bits per heavy atom. The quantitative estimate of drug-likeness (QED) is 0.829. The van der Waals surface area contributed by atoms with E-state index in [-0.39, 0.29) is 6.29 Å². The summed E-state index contributed by atoms with van der Waals surface area (Å²) < 4.78 is 10.7. The molecule has 2 rings (SSSR count). The lowest BCUT2D eigenvalue weighted by atomic mass is 10.1. The van der Waals surface area contributed by atoms with Crippen molar-refractivity contribution in [1.29, 1.82) is 0 Å². The van der Waals surface area contributed by atoms with E-state index >= 15 is 0 Å². The van der Waals surface area contributed by atoms with E-state index in [1.807, 2.05) is 11.4 Å². The summed E-state index contributed by atoms with van der Waals surface area (Å²) in [6.07, 6.45) is -1.98. The molecule has 1 saturated heterocycles. The van der Waals surface area contributed by atoms with Gasteiger partial charge in [0.2, 0.25) is 0 Å². The van der Waals surface area contributed by atoms with E-state index in [9.17, 15) is 10.2 Å². The van der Waals surface area contributed by atoms with Crippen LogP contribution in [0.4, 0.5) is 0 Å². The van der Waals surface area contributed by atoms with Gasteiger partial charge in [-0.05, 0) is 17.0 Å². The molecule has 0 radical (unpaired) electrons. The van der Waals surface area contributed by atoms with Crippen molar-refractivity contribution in [2.45, 2.75) is 18.5 Å². The number of halogens is 1. The van der Waals surface area contributed by atoms with Crippen LogP contribution < -0.4 is 0 Å². The van der Waals surface area contributed by atoms with Crippen LogP contribution in [0.1, 0.15) is 22.8 Å². The van der Waals surface area contributed by atoms with Gasteiger partial charge in [0.1, 0.15) is 6.10 Å². The fraction of sp³-hybridized carbons (Fsp3) is 0.600. The molecule has 0 saturated carbocycles. The minimum atomic E-state index is -0.870. The monoisotopic (exact) mass is 308 g/mol. The van der Waals surface area contributed by atoms with Crippen molar-refractivity contribution in [3.63, 3.8) is 0 Å². The lowest BCUT2D eigenvalue weighted by Gasteiger charge is -2.13. The van der Waals surface area contributed by atoms with Gasteiger partial charge in [-0.25, -0.2) is 0 Å². The number of aliphatic hydroxyl groups excluding tert-OH is 2. The molecule has 0 bridgehead atoms. The fourth-order valence-electron chi connectivity index (χ4n) is 1.48. The molecule has 0 aliphatic carbocycles. The standard InChI is InChI=1S/C10H13BrO4S/c11-4-7(12)9(13)6-3-8(16-5-6)10-14-1-2-15-10/h3,5,7,9-10,12-13H,1-2,4H2. The van der Waals surface area contributed by atoms with Crippen molar-refractivity contribution < 1.29 is 19.7 Å². The second-order valence-corrected chi connectivity index (χ2v) is 5.11. The molecule has 1 aliphatic heterocycles. The van der Waals surface area contributed by atoms with Gasteiger partial charge in [0.15, 0.2) is 6.29 Å². The third kappa shape index (κ3) is 2.64. The fourth-order valence-corrected chi connectivity index (χ4v) is 2.76. The molecule has 1 aromatic rings. The van der Waals surface area contributed by atoms with Gasteiger partial charge >= 0.3 is 0 Å². The Morgan fingerprint density at radius 1 is 1.44 bits per heavy atom. The summed E-state index contributed by atoms with van der Waals surface area (Å²) in [7, 11) is 0. The van der Waals surface area contributed by atoms with Crippen LogP contribution in [0.25, 0.3) is 0 Å². The Hall–Kier alpha value is 0.0200. The van der Waals surface area contributed by atoms with Gasteiger partial charge in [0.05, 0.1) is 24.2 Å². The Morgan fingerprint density at radius 3 is 2.75 bits per heavy atom. The highest BCUT2D eigenvalue weighted by Crippen LogP contribution is 2.32. The maximum atomic E-state index is 9.79. The van der Waals surface area contributed by atoms with Crippen molar-refractivity contribution in [1.82, 2.24) is 0 Å². The highest BCUT2D eigenvalue weighted by molar-refractivity contribution is 9.09. The predicted octanol–water partition coefficient (Wildman–Crippen LogP) is 1.58. The zero-order chi connectivity index (χ0) is 11.5. The van der Waals surface area contributed by atoms with E-state index in [2.05, 4.69) is 15.9 Å². The van der Waals surface area contributed by atoms with Crippen molar-refractivity contribution >= 4 is 27.3 Å². The van der Waals surface area contributed by atoms with Crippen LogP contribution in [0.3, 0.4) is 0 Å². The maximum absolute atomic E-state index is 9.79. The first-order valence-electron chi connectivity index (χ1n) is 4.96. The molecule has 4 nitrogen and oxygen atoms in total. The van der Waals surface area contributed by atoms with E-state index in [4.69, 9.17) is 9.47 Å². The highest BCUT2D eigenvalue weighted by Gasteiger charge is 2.23. The summed E-state index contributed by atoms with van der Waals surface area (Å²) in [5.74, 6) is 0. The first kappa shape index (κ1) is 12.5. The Bertz CT molecular complexity index is 337. The van der Waals surface area contributed by atoms with Crippen LogP contribution in [-0.2, 0) is 9.47 Å². The Kier molecular flexibility index (Phi) is 4.34. The van der Waals surface area contributed by atoms with Crippen molar-refractivity contribution in [2.24, 2.45) is 0 Å². The summed E-state index contributed by atoms with van der Waals surface area (Å²) in [5, 5.41) is 21.4. The van der Waals surface area contributed by atoms with Crippen LogP contribution >= 0.6 is 27.3 Å². The van der Waals surface area contributed by atoms with E-state index in [0.717, 1.165) is 4.88 Å². The molecule has 2 N–H and O–H groups in total. The van der Waals surface area contributed by atoms with Crippen molar-refractivity contribution in [2.75, 3.05) is 18.5 Å². The van der Waals surface area contributed by atoms with Crippen molar-refractivity contribution in [3.8, 4) is 0 Å². The Balaban J connectivity index is 2.06. The van der Waals surface area contributed by atoms with Gasteiger partial charge in [-0.1, -0.05) is 15.9 Å². The van der Waals surface area contributed by atoms with Crippen LogP contribution in [0.5, 0.6) is 0 Å². The molecule has 0 amide bonds. The summed E-state index contributed by atoms with van der Waals surface area (Å²) in [6.45, 7) is 1.20. The zero-order valence-corrected chi connectivity index (χ0v) is 10.9. The number of hydrogen-bond donors (Lipinski definition) is 2. The van der Waals surface area contributed by atoms with Gasteiger partial charge < -0.3 is 19.7 Å². The average molecular weight is 309 g/mol. The predicted molar refractivity (Wildman–Crippen MR) is 63.7 cm³/mol. The molecule has 0 spiro atoms. The first-order chi connectivity index (χ1) is 7.72. The summed E-state index contributed by atoms with van der Waals surface area (Å²) >= 11 is 4.60. The van der Waals surface area contributed by atoms with Crippen LogP contribution in [0, 0.1) is 0 Å². The van der Waals surface area contributed by atoms with Crippen LogP contribution in [0.2, 0.25) is 0 Å². The molecule has 6 heteroatoms. The third-order valence-corrected chi connectivity index (χ3v) is 3.99. The summed E-state index contributed by atoms with van der Waals surface area (Å²) in [6, 6.07) is 1.82. The number of rotatable bonds is 4. The molecule has 90 valence electrons. The maximum Gasteiger partial charge on any atom is 0.193 e. The lowest BCUT2D eigenvalue weighted by molar-refractivity contribution is -0.0415. The minimum Gasteiger partial charge on any atom is -0.389 e. The largest absolute Gasteiger partial charge is 0.389 e. The SMILES string of the molecule is OC(CBr)C(O)c1csc(C2OCCO2)c1. The van der Waals surface area contributed by atoms with Gasteiger partial charge in [-0.15, -0.1) is 11.3 Å². The molecular weight excluding hydrogens is 296 g/mol. The molecule has 2 unspecified atom stereocenters. The lowest BCUT2D eigenvalue weighted by Crippen LogP contribution is -2.18. The van der Waals surface area contributed by atoms with E-state index in [1.165, 1.54) is 11.3 Å². The van der Waals surface area contributed by atoms with Crippen LogP contribution in [0.15, 0.2) is 11.4 Å². The molecule has 1 aromatic heterocycles. The molecular formula is C10H13BrO4S. The number of aliphatic hydroxyl groups is 2. The normalized spacial score (nSPS) is 21.2. The number of hydrogen-bond acceptors (Lipinski definition) is 5. The van der Waals surface area contributed by atoms with E-state index in [0.29, 0.717) is 24.1 Å². The second kappa shape index (κ2) is 5.57. The molecule has 1 fully saturated rings. The summed E-state index contributed by atoms with van der Waals surface area (Å²) in [5.41, 5.74) is 0.700. The van der Waals surface area contributed by atoms with Gasteiger partial charge in [0.25, 0.3) is 0 Å². The van der Waals surface area contributed by atoms with E-state index < -0.39 is 12.2 Å². The second-order valence-electron chi connectivity index (χ2n) is 3.52. The minimum absolute atomic E-state index is 0.313. The highest BCUT2D eigenvalue weighted by atomic mass is 79.9. The molecule has 2 atom stereocenters. The van der Waals surface area contributed by atoms with Gasteiger partial charge in [0, 0.05) is 5.33 Å². The zero-order valence-electron chi connectivity index (χ0n) is 8.51. The first-order valence-corrected chi connectivity index (χ1v) is 6.96. The summed E-state index contributed by atoms with van der Waals surface area (Å²) in [4.78, 5) is 0.924. The van der Waals surface area contributed by atoms with Crippen molar-refractivity contribution in [3.05, 3.63) is 21.9 Å². The topological polar surface area (TPSA) is 58.9 Å². The smallest absolute Gasteiger partial charge is 0.193 e. The van der Waals surface area contributed by atoms with E-state index in [1.54, 1.807) is 0 Å². The average Bonchev–Trinajstić information content (AvgIpc) is 2.96. The number of ether oxygens (including phenoxy) is 2. The molecule has 0 aromatic carbocycles. The third-order valence-electron chi connectivity index (χ3n) is 2.36. The van der Waals surface area contributed by atoms with Gasteiger partial charge in [-0.3, -0.25) is 0 Å². The Labute approximate surface area is 106 Å².